The van der Waals surface area contributed by atoms with Crippen molar-refractivity contribution >= 4 is 11.5 Å². The van der Waals surface area contributed by atoms with Crippen LogP contribution in [0.3, 0.4) is 0 Å². The summed E-state index contributed by atoms with van der Waals surface area (Å²) in [4.78, 5) is 10.4. The van der Waals surface area contributed by atoms with Crippen LogP contribution in [0.2, 0.25) is 0 Å². The highest BCUT2D eigenvalue weighted by atomic mass is 16.6. The Bertz CT molecular complexity index is 486. The molecule has 1 aromatic rings. The van der Waals surface area contributed by atoms with Crippen LogP contribution in [0.25, 0.3) is 0 Å². The molecule has 0 radical (unpaired) electrons. The Hall–Kier alpha value is -2.11. The largest absolute Gasteiger partial charge is 0.487 e. The van der Waals surface area contributed by atoms with Gasteiger partial charge in [0.15, 0.2) is 5.75 Å². The van der Waals surface area contributed by atoms with Crippen molar-refractivity contribution in [2.24, 2.45) is 11.1 Å². The van der Waals surface area contributed by atoms with E-state index in [1.807, 2.05) is 13.8 Å². The Kier molecular flexibility index (Phi) is 5.49. The third-order valence-electron chi connectivity index (χ3n) is 3.24. The number of hydrogen-bond donors (Lipinski definition) is 2. The number of nitro benzene ring substituents is 1. The molecule has 0 saturated heterocycles. The monoisotopic (exact) mass is 279 g/mol. The minimum absolute atomic E-state index is 0.0171. The van der Waals surface area contributed by atoms with Gasteiger partial charge in [0.2, 0.25) is 0 Å². The van der Waals surface area contributed by atoms with Crippen molar-refractivity contribution in [3.8, 4) is 5.75 Å². The summed E-state index contributed by atoms with van der Waals surface area (Å²) in [6.45, 7) is 4.27. The molecule has 6 nitrogen and oxygen atoms in total. The molecule has 0 unspecified atom stereocenters. The topological polar surface area (TPSA) is 102 Å². The molecule has 0 heterocycles. The van der Waals surface area contributed by atoms with Gasteiger partial charge in [0.25, 0.3) is 0 Å². The number of rotatable bonds is 8. The van der Waals surface area contributed by atoms with Crippen molar-refractivity contribution in [1.82, 2.24) is 0 Å². The van der Waals surface area contributed by atoms with E-state index in [0.29, 0.717) is 12.4 Å². The molecule has 0 atom stereocenters. The van der Waals surface area contributed by atoms with E-state index in [4.69, 9.17) is 15.9 Å². The van der Waals surface area contributed by atoms with Gasteiger partial charge in [-0.05, 0) is 25.3 Å². The number of unbranched alkanes of at least 4 members (excludes halogenated alkanes) is 1. The summed E-state index contributed by atoms with van der Waals surface area (Å²) in [6, 6.07) is 6.34. The van der Waals surface area contributed by atoms with E-state index < -0.39 is 4.92 Å². The van der Waals surface area contributed by atoms with E-state index in [1.54, 1.807) is 18.2 Å². The highest BCUT2D eigenvalue weighted by Crippen LogP contribution is 2.26. The van der Waals surface area contributed by atoms with E-state index in [2.05, 4.69) is 0 Å². The lowest BCUT2D eigenvalue weighted by molar-refractivity contribution is -0.385. The third kappa shape index (κ3) is 4.53. The number of nitrogens with zero attached hydrogens (tertiary/aromatic N) is 1. The van der Waals surface area contributed by atoms with Crippen LogP contribution in [0.1, 0.15) is 33.1 Å². The molecule has 0 amide bonds. The zero-order valence-electron chi connectivity index (χ0n) is 11.9. The van der Waals surface area contributed by atoms with Gasteiger partial charge in [0.05, 0.1) is 17.4 Å². The number of hydrogen-bond acceptors (Lipinski definition) is 4. The summed E-state index contributed by atoms with van der Waals surface area (Å²) in [5.41, 5.74) is 5.18. The van der Waals surface area contributed by atoms with Crippen molar-refractivity contribution < 1.29 is 9.66 Å². The number of amidine groups is 1. The lowest BCUT2D eigenvalue weighted by Crippen LogP contribution is -2.30. The highest BCUT2D eigenvalue weighted by molar-refractivity contribution is 5.82. The summed E-state index contributed by atoms with van der Waals surface area (Å²) < 4.78 is 5.45. The fourth-order valence-electron chi connectivity index (χ4n) is 1.72. The summed E-state index contributed by atoms with van der Waals surface area (Å²) >= 11 is 0. The van der Waals surface area contributed by atoms with Gasteiger partial charge in [-0.1, -0.05) is 26.0 Å². The lowest BCUT2D eigenvalue weighted by atomic mass is 9.86. The van der Waals surface area contributed by atoms with Gasteiger partial charge in [-0.25, -0.2) is 0 Å². The first kappa shape index (κ1) is 15.9. The van der Waals surface area contributed by atoms with Gasteiger partial charge in [-0.3, -0.25) is 15.5 Å². The molecule has 0 saturated carbocycles. The van der Waals surface area contributed by atoms with E-state index in [1.165, 1.54) is 6.07 Å². The van der Waals surface area contributed by atoms with Crippen LogP contribution in [-0.2, 0) is 0 Å². The quantitative estimate of drug-likeness (QED) is 0.251. The van der Waals surface area contributed by atoms with Gasteiger partial charge in [0, 0.05) is 11.5 Å². The molecule has 0 fully saturated rings. The van der Waals surface area contributed by atoms with Crippen LogP contribution in [0.4, 0.5) is 5.69 Å². The smallest absolute Gasteiger partial charge is 0.310 e. The molecular formula is C14H21N3O3. The molecule has 0 aromatic heterocycles. The Labute approximate surface area is 118 Å². The number of ether oxygens (including phenoxy) is 1. The maximum absolute atomic E-state index is 10.8. The molecule has 1 rings (SSSR count). The number of benzene rings is 1. The van der Waals surface area contributed by atoms with Crippen LogP contribution in [0.15, 0.2) is 24.3 Å². The van der Waals surface area contributed by atoms with Crippen molar-refractivity contribution in [3.63, 3.8) is 0 Å². The fraction of sp³-hybridized carbons (Fsp3) is 0.500. The van der Waals surface area contributed by atoms with Crippen molar-refractivity contribution in [2.45, 2.75) is 33.1 Å². The van der Waals surface area contributed by atoms with E-state index in [9.17, 15) is 10.1 Å². The molecule has 6 heteroatoms. The first-order chi connectivity index (χ1) is 9.34. The molecule has 20 heavy (non-hydrogen) atoms. The number of nitrogens with one attached hydrogen (secondary N) is 1. The van der Waals surface area contributed by atoms with Gasteiger partial charge in [-0.2, -0.15) is 0 Å². The molecule has 0 bridgehead atoms. The summed E-state index contributed by atoms with van der Waals surface area (Å²) in [6.07, 6.45) is 2.42. The van der Waals surface area contributed by atoms with Crippen molar-refractivity contribution in [3.05, 3.63) is 34.4 Å². The molecule has 0 aliphatic carbocycles. The maximum atomic E-state index is 10.8. The van der Waals surface area contributed by atoms with Crippen LogP contribution < -0.4 is 10.5 Å². The minimum Gasteiger partial charge on any atom is -0.487 e. The van der Waals surface area contributed by atoms with Crippen LogP contribution in [0.5, 0.6) is 5.75 Å². The normalized spacial score (nSPS) is 11.1. The Morgan fingerprint density at radius 2 is 2.05 bits per heavy atom. The lowest BCUT2D eigenvalue weighted by Gasteiger charge is -2.22. The van der Waals surface area contributed by atoms with Gasteiger partial charge >= 0.3 is 5.69 Å². The predicted octanol–water partition coefficient (Wildman–Crippen LogP) is 3.11. The van der Waals surface area contributed by atoms with E-state index >= 15 is 0 Å². The highest BCUT2D eigenvalue weighted by Gasteiger charge is 2.20. The second-order valence-electron chi connectivity index (χ2n) is 5.33. The van der Waals surface area contributed by atoms with Crippen LogP contribution in [0, 0.1) is 20.9 Å². The van der Waals surface area contributed by atoms with E-state index in [-0.39, 0.29) is 16.9 Å². The number of nitro groups is 1. The standard InChI is InChI=1S/C14H21N3O3/c1-14(2,13(15)16)9-5-6-10-20-12-8-4-3-7-11(12)17(18)19/h3-4,7-8H,5-6,9-10H2,1-2H3,(H3,15,16). The average molecular weight is 279 g/mol. The zero-order valence-corrected chi connectivity index (χ0v) is 11.9. The van der Waals surface area contributed by atoms with Gasteiger partial charge < -0.3 is 10.5 Å². The summed E-state index contributed by atoms with van der Waals surface area (Å²) in [5, 5.41) is 18.3. The maximum Gasteiger partial charge on any atom is 0.310 e. The molecular weight excluding hydrogens is 258 g/mol. The van der Waals surface area contributed by atoms with Crippen molar-refractivity contribution in [2.75, 3.05) is 6.61 Å². The Balaban J connectivity index is 2.39. The molecule has 3 N–H and O–H groups in total. The fourth-order valence-corrected chi connectivity index (χ4v) is 1.72. The van der Waals surface area contributed by atoms with Gasteiger partial charge in [-0.15, -0.1) is 0 Å². The molecule has 1 aromatic carbocycles. The van der Waals surface area contributed by atoms with Crippen molar-refractivity contribution in [1.29, 1.82) is 5.41 Å². The number of para-hydroxylation sites is 2. The zero-order chi connectivity index (χ0) is 15.2. The number of nitrogens with two attached hydrogens (primary N) is 1. The molecule has 0 aliphatic heterocycles. The Morgan fingerprint density at radius 1 is 1.40 bits per heavy atom. The second-order valence-corrected chi connectivity index (χ2v) is 5.33. The Morgan fingerprint density at radius 3 is 2.65 bits per heavy atom. The molecule has 110 valence electrons. The molecule has 0 spiro atoms. The minimum atomic E-state index is -0.450. The van der Waals surface area contributed by atoms with Crippen LogP contribution >= 0.6 is 0 Å². The first-order valence-corrected chi connectivity index (χ1v) is 6.55. The second kappa shape index (κ2) is 6.88. The average Bonchev–Trinajstić information content (AvgIpc) is 2.38. The summed E-state index contributed by atoms with van der Waals surface area (Å²) in [7, 11) is 0. The van der Waals surface area contributed by atoms with Crippen LogP contribution in [-0.4, -0.2) is 17.4 Å². The third-order valence-corrected chi connectivity index (χ3v) is 3.24. The molecule has 0 aliphatic rings. The van der Waals surface area contributed by atoms with Gasteiger partial charge in [0.1, 0.15) is 0 Å². The predicted molar refractivity (Wildman–Crippen MR) is 78.1 cm³/mol. The first-order valence-electron chi connectivity index (χ1n) is 6.55. The summed E-state index contributed by atoms with van der Waals surface area (Å²) in [5.74, 6) is 0.473. The van der Waals surface area contributed by atoms with E-state index in [0.717, 1.165) is 19.3 Å². The SMILES string of the molecule is CC(C)(CCCCOc1ccccc1[N+](=O)[O-])C(=N)N.